The number of piperazine rings is 1. The van der Waals surface area contributed by atoms with Gasteiger partial charge in [0, 0.05) is 46.4 Å². The molecule has 7 heteroatoms. The first-order valence-corrected chi connectivity index (χ1v) is 10.1. The molecule has 0 spiro atoms. The van der Waals surface area contributed by atoms with Gasteiger partial charge in [-0.2, -0.15) is 0 Å². The number of benzene rings is 1. The van der Waals surface area contributed by atoms with E-state index in [1.54, 1.807) is 7.11 Å². The van der Waals surface area contributed by atoms with Crippen LogP contribution in [0.15, 0.2) is 30.3 Å². The number of hydrogen-bond acceptors (Lipinski definition) is 5. The second-order valence-corrected chi connectivity index (χ2v) is 7.33. The largest absolute Gasteiger partial charge is 0.385 e. The van der Waals surface area contributed by atoms with E-state index < -0.39 is 0 Å². The van der Waals surface area contributed by atoms with E-state index >= 15 is 0 Å². The van der Waals surface area contributed by atoms with E-state index in [0.717, 1.165) is 38.2 Å². The van der Waals surface area contributed by atoms with Crippen molar-refractivity contribution in [2.45, 2.75) is 32.4 Å². The Balaban J connectivity index is 1.70. The molecule has 2 rings (SSSR count). The summed E-state index contributed by atoms with van der Waals surface area (Å²) in [5.74, 6) is 0.0905. The van der Waals surface area contributed by atoms with Gasteiger partial charge in [-0.1, -0.05) is 30.3 Å². The lowest BCUT2D eigenvalue weighted by Gasteiger charge is -2.37. The van der Waals surface area contributed by atoms with Gasteiger partial charge in [0.25, 0.3) is 0 Å². The van der Waals surface area contributed by atoms with Gasteiger partial charge in [-0.3, -0.25) is 19.4 Å². The van der Waals surface area contributed by atoms with Crippen molar-refractivity contribution in [1.82, 2.24) is 20.4 Å². The number of carbonyl (C=O) groups excluding carboxylic acids is 2. The van der Waals surface area contributed by atoms with Crippen LogP contribution in [0.25, 0.3) is 0 Å². The number of ether oxygens (including phenoxy) is 1. The fourth-order valence-corrected chi connectivity index (χ4v) is 3.34. The number of rotatable bonds is 10. The van der Waals surface area contributed by atoms with Gasteiger partial charge < -0.3 is 15.4 Å². The van der Waals surface area contributed by atoms with Crippen LogP contribution >= 0.6 is 0 Å². The van der Waals surface area contributed by atoms with Crippen LogP contribution in [0.2, 0.25) is 0 Å². The molecule has 0 bridgehead atoms. The first kappa shape index (κ1) is 22.3. The fourth-order valence-electron chi connectivity index (χ4n) is 3.34. The molecule has 0 saturated carbocycles. The maximum absolute atomic E-state index is 12.6. The zero-order chi connectivity index (χ0) is 20.4. The Kier molecular flexibility index (Phi) is 9.40. The molecule has 7 nitrogen and oxygen atoms in total. The number of nitrogens with one attached hydrogen (secondary N) is 2. The molecule has 28 heavy (non-hydrogen) atoms. The molecule has 1 aromatic carbocycles. The van der Waals surface area contributed by atoms with Crippen molar-refractivity contribution >= 4 is 11.8 Å². The van der Waals surface area contributed by atoms with Crippen LogP contribution in [0.3, 0.4) is 0 Å². The molecule has 0 radical (unpaired) electrons. The predicted octanol–water partition coefficient (Wildman–Crippen LogP) is 1.02. The van der Waals surface area contributed by atoms with Gasteiger partial charge in [0.1, 0.15) is 0 Å². The molecule has 1 aliphatic heterocycles. The van der Waals surface area contributed by atoms with Crippen molar-refractivity contribution in [2.24, 2.45) is 0 Å². The molecule has 0 unspecified atom stereocenters. The number of carbonyl (C=O) groups is 2. The van der Waals surface area contributed by atoms with E-state index in [0.29, 0.717) is 19.7 Å². The first-order chi connectivity index (χ1) is 13.5. The summed E-state index contributed by atoms with van der Waals surface area (Å²) in [7, 11) is 1.66. The third-order valence-electron chi connectivity index (χ3n) is 5.21. The van der Waals surface area contributed by atoms with Crippen molar-refractivity contribution in [3.8, 4) is 0 Å². The van der Waals surface area contributed by atoms with E-state index in [1.807, 2.05) is 44.2 Å². The lowest BCUT2D eigenvalue weighted by Crippen LogP contribution is -2.55. The molecule has 156 valence electrons. The smallest absolute Gasteiger partial charge is 0.237 e. The minimum Gasteiger partial charge on any atom is -0.385 e. The summed E-state index contributed by atoms with van der Waals surface area (Å²) in [6.07, 6.45) is 0.823. The molecule has 0 aliphatic carbocycles. The molecule has 1 aromatic rings. The molecule has 2 atom stereocenters. The van der Waals surface area contributed by atoms with Crippen LogP contribution in [0.4, 0.5) is 0 Å². The van der Waals surface area contributed by atoms with E-state index in [2.05, 4.69) is 20.4 Å². The van der Waals surface area contributed by atoms with E-state index in [9.17, 15) is 9.59 Å². The van der Waals surface area contributed by atoms with Gasteiger partial charge in [0.15, 0.2) is 0 Å². The van der Waals surface area contributed by atoms with Gasteiger partial charge in [-0.25, -0.2) is 0 Å². The van der Waals surface area contributed by atoms with Crippen LogP contribution in [0, 0.1) is 0 Å². The summed E-state index contributed by atoms with van der Waals surface area (Å²) in [6.45, 7) is 8.80. The Morgan fingerprint density at radius 2 is 1.79 bits per heavy atom. The van der Waals surface area contributed by atoms with Gasteiger partial charge in [-0.05, 0) is 25.8 Å². The third kappa shape index (κ3) is 7.22. The topological polar surface area (TPSA) is 73.9 Å². The maximum atomic E-state index is 12.6. The van der Waals surface area contributed by atoms with Crippen LogP contribution in [0.1, 0.15) is 31.9 Å². The normalized spacial score (nSPS) is 17.7. The number of methoxy groups -OCH3 is 1. The Morgan fingerprint density at radius 1 is 1.11 bits per heavy atom. The van der Waals surface area contributed by atoms with E-state index in [1.165, 1.54) is 0 Å². The van der Waals surface area contributed by atoms with Crippen LogP contribution < -0.4 is 10.6 Å². The second-order valence-electron chi connectivity index (χ2n) is 7.33. The van der Waals surface area contributed by atoms with Crippen molar-refractivity contribution in [1.29, 1.82) is 0 Å². The molecular formula is C21H34N4O3. The van der Waals surface area contributed by atoms with Gasteiger partial charge in [0.05, 0.1) is 18.6 Å². The molecule has 1 heterocycles. The van der Waals surface area contributed by atoms with Crippen molar-refractivity contribution in [3.05, 3.63) is 35.9 Å². The average molecular weight is 391 g/mol. The van der Waals surface area contributed by atoms with E-state index in [4.69, 9.17) is 4.74 Å². The quantitative estimate of drug-likeness (QED) is 0.584. The summed E-state index contributed by atoms with van der Waals surface area (Å²) in [6, 6.07) is 9.78. The van der Waals surface area contributed by atoms with Gasteiger partial charge in [0.2, 0.25) is 11.8 Å². The Bertz CT molecular complexity index is 603. The molecular weight excluding hydrogens is 356 g/mol. The predicted molar refractivity (Wildman–Crippen MR) is 110 cm³/mol. The highest BCUT2D eigenvalue weighted by Crippen LogP contribution is 2.13. The van der Waals surface area contributed by atoms with Crippen molar-refractivity contribution < 1.29 is 14.3 Å². The minimum atomic E-state index is -0.184. The van der Waals surface area contributed by atoms with Gasteiger partial charge >= 0.3 is 0 Å². The Hall–Kier alpha value is -1.96. The minimum absolute atomic E-state index is 0.0146. The standard InChI is InChI=1S/C21H34N4O3/c1-17(19-8-5-4-6-9-19)23-21(27)18(2)25-13-11-24(12-14-25)16-20(26)22-10-7-15-28-3/h4-6,8-9,17-18H,7,10-16H2,1-3H3,(H,22,26)(H,23,27)/t17-,18-/m1/s1. The monoisotopic (exact) mass is 390 g/mol. The summed E-state index contributed by atoms with van der Waals surface area (Å²) < 4.78 is 4.98. The van der Waals surface area contributed by atoms with Crippen LogP contribution in [0.5, 0.6) is 0 Å². The molecule has 1 aliphatic rings. The van der Waals surface area contributed by atoms with Crippen molar-refractivity contribution in [3.63, 3.8) is 0 Å². The zero-order valence-corrected chi connectivity index (χ0v) is 17.3. The lowest BCUT2D eigenvalue weighted by atomic mass is 10.1. The molecule has 2 amide bonds. The molecule has 0 aromatic heterocycles. The van der Waals surface area contributed by atoms with E-state index in [-0.39, 0.29) is 23.9 Å². The number of hydrogen-bond donors (Lipinski definition) is 2. The summed E-state index contributed by atoms with van der Waals surface area (Å²) in [5.41, 5.74) is 1.10. The summed E-state index contributed by atoms with van der Waals surface area (Å²) in [4.78, 5) is 28.9. The number of nitrogens with zero attached hydrogens (tertiary/aromatic N) is 2. The SMILES string of the molecule is COCCCNC(=O)CN1CCN([C@H](C)C(=O)N[C@H](C)c2ccccc2)CC1. The lowest BCUT2D eigenvalue weighted by molar-refractivity contribution is -0.128. The Morgan fingerprint density at radius 3 is 2.43 bits per heavy atom. The maximum Gasteiger partial charge on any atom is 0.237 e. The molecule has 2 N–H and O–H groups in total. The van der Waals surface area contributed by atoms with Crippen LogP contribution in [-0.2, 0) is 14.3 Å². The first-order valence-electron chi connectivity index (χ1n) is 10.1. The zero-order valence-electron chi connectivity index (χ0n) is 17.3. The summed E-state index contributed by atoms with van der Waals surface area (Å²) >= 11 is 0. The summed E-state index contributed by atoms with van der Waals surface area (Å²) in [5, 5.41) is 6.02. The highest BCUT2D eigenvalue weighted by atomic mass is 16.5. The fraction of sp³-hybridized carbons (Fsp3) is 0.619. The second kappa shape index (κ2) is 11.8. The Labute approximate surface area is 168 Å². The average Bonchev–Trinajstić information content (AvgIpc) is 2.72. The van der Waals surface area contributed by atoms with Crippen LogP contribution in [-0.4, -0.2) is 80.6 Å². The molecule has 1 fully saturated rings. The van der Waals surface area contributed by atoms with Gasteiger partial charge in [-0.15, -0.1) is 0 Å². The highest BCUT2D eigenvalue weighted by Gasteiger charge is 2.27. The number of amides is 2. The van der Waals surface area contributed by atoms with Crippen molar-refractivity contribution in [2.75, 3.05) is 53.0 Å². The highest BCUT2D eigenvalue weighted by molar-refractivity contribution is 5.81. The third-order valence-corrected chi connectivity index (χ3v) is 5.21. The molecule has 1 saturated heterocycles.